The third kappa shape index (κ3) is 4.57. The predicted octanol–water partition coefficient (Wildman–Crippen LogP) is 2.69. The van der Waals surface area contributed by atoms with Gasteiger partial charge in [0.15, 0.2) is 0 Å². The number of nitrogens with zero attached hydrogens (tertiary/aromatic N) is 4. The van der Waals surface area contributed by atoms with Crippen molar-refractivity contribution in [2.45, 2.75) is 11.3 Å². The summed E-state index contributed by atoms with van der Waals surface area (Å²) in [7, 11) is 0. The number of aromatic nitrogens is 3. The summed E-state index contributed by atoms with van der Waals surface area (Å²) in [6.45, 7) is 1.14. The van der Waals surface area contributed by atoms with Crippen molar-refractivity contribution in [1.82, 2.24) is 15.0 Å². The zero-order valence-corrected chi connectivity index (χ0v) is 17.2. The van der Waals surface area contributed by atoms with E-state index in [0.717, 1.165) is 5.56 Å². The second-order valence-corrected chi connectivity index (χ2v) is 8.17. The van der Waals surface area contributed by atoms with Crippen molar-refractivity contribution in [3.8, 4) is 11.1 Å². The number of hydrogen-bond acceptors (Lipinski definition) is 7. The van der Waals surface area contributed by atoms with E-state index in [4.69, 9.17) is 22.4 Å². The van der Waals surface area contributed by atoms with Crippen LogP contribution in [0, 0.1) is 5.95 Å². The number of anilines is 3. The van der Waals surface area contributed by atoms with E-state index in [9.17, 15) is 9.18 Å². The second-order valence-electron chi connectivity index (χ2n) is 7.37. The molecule has 1 aliphatic rings. The summed E-state index contributed by atoms with van der Waals surface area (Å²) >= 11 is 6.36. The van der Waals surface area contributed by atoms with Gasteiger partial charge in [-0.1, -0.05) is 6.07 Å². The van der Waals surface area contributed by atoms with Gasteiger partial charge in [0, 0.05) is 31.5 Å². The van der Waals surface area contributed by atoms with Crippen LogP contribution in [0.5, 0.6) is 0 Å². The van der Waals surface area contributed by atoms with Crippen LogP contribution in [0.25, 0.3) is 11.1 Å². The zero-order valence-electron chi connectivity index (χ0n) is 16.4. The summed E-state index contributed by atoms with van der Waals surface area (Å²) < 4.78 is 13.1. The fourth-order valence-corrected chi connectivity index (χ4v) is 3.71. The minimum atomic E-state index is -0.571. The monoisotopic (exact) mass is 442 g/mol. The average molecular weight is 443 g/mol. The Morgan fingerprint density at radius 3 is 2.58 bits per heavy atom. The number of benzene rings is 1. The van der Waals surface area contributed by atoms with Gasteiger partial charge in [-0.15, -0.1) is 11.6 Å². The van der Waals surface area contributed by atoms with Crippen molar-refractivity contribution in [2.24, 2.45) is 0 Å². The minimum Gasteiger partial charge on any atom is -0.397 e. The maximum absolute atomic E-state index is 13.1. The summed E-state index contributed by atoms with van der Waals surface area (Å²) in [5, 5.41) is 11.8. The van der Waals surface area contributed by atoms with E-state index in [1.807, 2.05) is 4.90 Å². The molecule has 0 aliphatic carbocycles. The highest BCUT2D eigenvalue weighted by atomic mass is 35.5. The Balaban J connectivity index is 1.45. The molecule has 0 unspecified atom stereocenters. The van der Waals surface area contributed by atoms with Crippen LogP contribution in [-0.4, -0.2) is 50.5 Å². The highest BCUT2D eigenvalue weighted by Crippen LogP contribution is 2.34. The van der Waals surface area contributed by atoms with Gasteiger partial charge in [0.05, 0.1) is 28.6 Å². The normalized spacial score (nSPS) is 14.7. The number of pyridine rings is 1. The third-order valence-electron chi connectivity index (χ3n) is 5.07. The van der Waals surface area contributed by atoms with Crippen LogP contribution in [0.3, 0.4) is 0 Å². The maximum Gasteiger partial charge on any atom is 0.275 e. The van der Waals surface area contributed by atoms with Crippen molar-refractivity contribution in [1.29, 1.82) is 0 Å². The molecule has 4 N–H and O–H groups in total. The van der Waals surface area contributed by atoms with Gasteiger partial charge in [0.1, 0.15) is 11.5 Å². The first-order valence-electron chi connectivity index (χ1n) is 9.56. The van der Waals surface area contributed by atoms with E-state index < -0.39 is 16.7 Å². The first kappa shape index (κ1) is 21.0. The van der Waals surface area contributed by atoms with Crippen LogP contribution in [-0.2, 0) is 0 Å². The van der Waals surface area contributed by atoms with Gasteiger partial charge in [0.2, 0.25) is 5.95 Å². The van der Waals surface area contributed by atoms with Crippen LogP contribution in [0.1, 0.15) is 16.9 Å². The van der Waals surface area contributed by atoms with E-state index in [1.54, 1.807) is 24.3 Å². The molecule has 1 amide bonds. The van der Waals surface area contributed by atoms with E-state index in [1.165, 1.54) is 24.7 Å². The predicted molar refractivity (Wildman–Crippen MR) is 117 cm³/mol. The molecule has 0 saturated carbocycles. The van der Waals surface area contributed by atoms with Gasteiger partial charge in [0.25, 0.3) is 5.91 Å². The van der Waals surface area contributed by atoms with Crippen molar-refractivity contribution < 1.29 is 14.3 Å². The Kier molecular flexibility index (Phi) is 5.71. The van der Waals surface area contributed by atoms with Crippen molar-refractivity contribution in [3.63, 3.8) is 0 Å². The SMILES string of the molecule is Nc1ccc(-c2ccc(F)nc2)cc1NC(=O)c1cnc(N2CC(Cl)(CCO)C2)cn1. The number of nitrogens with one attached hydrogen (secondary N) is 1. The number of nitrogens with two attached hydrogens (primary N) is 1. The maximum atomic E-state index is 13.1. The van der Waals surface area contributed by atoms with E-state index >= 15 is 0 Å². The topological polar surface area (TPSA) is 117 Å². The molecule has 8 nitrogen and oxygen atoms in total. The molecule has 1 aromatic carbocycles. The molecule has 1 fully saturated rings. The molecule has 3 aromatic rings. The molecule has 0 atom stereocenters. The molecular formula is C21H20ClFN6O2. The number of rotatable bonds is 6. The van der Waals surface area contributed by atoms with Crippen LogP contribution in [0.2, 0.25) is 0 Å². The van der Waals surface area contributed by atoms with Gasteiger partial charge in [-0.3, -0.25) is 4.79 Å². The van der Waals surface area contributed by atoms with Crippen LogP contribution < -0.4 is 16.0 Å². The van der Waals surface area contributed by atoms with E-state index in [-0.39, 0.29) is 12.3 Å². The van der Waals surface area contributed by atoms with Crippen LogP contribution in [0.15, 0.2) is 48.9 Å². The van der Waals surface area contributed by atoms with Gasteiger partial charge in [-0.05, 0) is 36.2 Å². The highest BCUT2D eigenvalue weighted by molar-refractivity contribution is 6.25. The summed E-state index contributed by atoms with van der Waals surface area (Å²) in [4.78, 5) is 26.2. The third-order valence-corrected chi connectivity index (χ3v) is 5.49. The van der Waals surface area contributed by atoms with Crippen LogP contribution >= 0.6 is 11.6 Å². The molecule has 0 spiro atoms. The van der Waals surface area contributed by atoms with E-state index in [2.05, 4.69) is 20.3 Å². The number of aliphatic hydroxyl groups is 1. The van der Waals surface area contributed by atoms with Crippen molar-refractivity contribution in [3.05, 3.63) is 60.6 Å². The molecule has 0 bridgehead atoms. The molecule has 3 heterocycles. The summed E-state index contributed by atoms with van der Waals surface area (Å²) in [5.74, 6) is -0.426. The van der Waals surface area contributed by atoms with Gasteiger partial charge in [-0.2, -0.15) is 4.39 Å². The van der Waals surface area contributed by atoms with Crippen LogP contribution in [0.4, 0.5) is 21.6 Å². The number of alkyl halides is 1. The highest BCUT2D eigenvalue weighted by Gasteiger charge is 2.41. The lowest BCUT2D eigenvalue weighted by atomic mass is 9.96. The fraction of sp³-hybridized carbons (Fsp3) is 0.238. The molecule has 0 radical (unpaired) electrons. The second kappa shape index (κ2) is 8.44. The van der Waals surface area contributed by atoms with Gasteiger partial charge in [-0.25, -0.2) is 15.0 Å². The number of nitrogen functional groups attached to an aromatic ring is 1. The quantitative estimate of drug-likeness (QED) is 0.305. The Morgan fingerprint density at radius 1 is 1.16 bits per heavy atom. The Morgan fingerprint density at radius 2 is 1.94 bits per heavy atom. The first-order valence-corrected chi connectivity index (χ1v) is 9.94. The van der Waals surface area contributed by atoms with Crippen molar-refractivity contribution >= 4 is 34.7 Å². The smallest absolute Gasteiger partial charge is 0.275 e. The number of amides is 1. The lowest BCUT2D eigenvalue weighted by molar-refractivity contribution is 0.102. The van der Waals surface area contributed by atoms with Gasteiger partial charge >= 0.3 is 0 Å². The lowest BCUT2D eigenvalue weighted by Crippen LogP contribution is -2.59. The van der Waals surface area contributed by atoms with Crippen molar-refractivity contribution in [2.75, 3.05) is 35.6 Å². The molecule has 1 aliphatic heterocycles. The summed E-state index contributed by atoms with van der Waals surface area (Å²) in [6, 6.07) is 7.95. The molecule has 1 saturated heterocycles. The van der Waals surface area contributed by atoms with Gasteiger partial charge < -0.3 is 21.1 Å². The molecule has 2 aromatic heterocycles. The number of carbonyl (C=O) groups is 1. The molecule has 4 rings (SSSR count). The first-order chi connectivity index (χ1) is 14.9. The Hall–Kier alpha value is -3.30. The molecule has 10 heteroatoms. The number of halogens is 2. The number of aliphatic hydroxyl groups excluding tert-OH is 1. The Labute approximate surface area is 182 Å². The minimum absolute atomic E-state index is 0.0319. The standard InChI is InChI=1S/C21H20ClFN6O2/c22-21(5-6-30)11-29(12-21)19-10-25-17(9-27-19)20(31)28-16-7-13(1-3-15(16)24)14-2-4-18(23)26-8-14/h1-4,7-10,30H,5-6,11-12,24H2,(H,28,31). The largest absolute Gasteiger partial charge is 0.397 e. The lowest BCUT2D eigenvalue weighted by Gasteiger charge is -2.46. The molecular weight excluding hydrogens is 423 g/mol. The van der Waals surface area contributed by atoms with E-state index in [0.29, 0.717) is 42.3 Å². The molecule has 31 heavy (non-hydrogen) atoms. The number of carbonyl (C=O) groups excluding carboxylic acids is 1. The number of hydrogen-bond donors (Lipinski definition) is 3. The Bertz CT molecular complexity index is 1090. The fourth-order valence-electron chi connectivity index (χ4n) is 3.34. The summed E-state index contributed by atoms with van der Waals surface area (Å²) in [5.41, 5.74) is 8.31. The zero-order chi connectivity index (χ0) is 22.0. The summed E-state index contributed by atoms with van der Waals surface area (Å²) in [6.07, 6.45) is 4.80. The average Bonchev–Trinajstić information content (AvgIpc) is 2.74. The molecule has 160 valence electrons.